The zero-order valence-corrected chi connectivity index (χ0v) is 18.4. The number of carbonyl (C=O) groups excluding carboxylic acids is 1. The molecule has 1 amide bonds. The lowest BCUT2D eigenvalue weighted by atomic mass is 9.95. The summed E-state index contributed by atoms with van der Waals surface area (Å²) in [6.45, 7) is -0.390. The molecule has 0 saturated heterocycles. The number of hydroxylamine groups is 1. The van der Waals surface area contributed by atoms with E-state index in [9.17, 15) is 14.0 Å². The van der Waals surface area contributed by atoms with Crippen LogP contribution in [-0.2, 0) is 22.5 Å². The molecule has 2 aromatic carbocycles. The number of aliphatic hydroxyl groups is 1. The van der Waals surface area contributed by atoms with E-state index in [-0.39, 0.29) is 54.5 Å². The summed E-state index contributed by atoms with van der Waals surface area (Å²) < 4.78 is 25.7. The Bertz CT molecular complexity index is 1410. The number of nitrogens with two attached hydrogens (primary N) is 1. The number of nitrogens with one attached hydrogen (secondary N) is 1. The van der Waals surface area contributed by atoms with Crippen LogP contribution in [0.3, 0.4) is 0 Å². The Labute approximate surface area is 198 Å². The Balaban J connectivity index is 1.76. The van der Waals surface area contributed by atoms with E-state index >= 15 is 0 Å². The van der Waals surface area contributed by atoms with Crippen LogP contribution in [0.5, 0.6) is 11.8 Å². The highest BCUT2D eigenvalue weighted by atomic mass is 19.1. The Kier molecular flexibility index (Phi) is 7.29. The molecule has 0 bridgehead atoms. The van der Waals surface area contributed by atoms with Crippen molar-refractivity contribution >= 4 is 22.6 Å². The van der Waals surface area contributed by atoms with Crippen LogP contribution < -0.4 is 21.6 Å². The molecule has 35 heavy (non-hydrogen) atoms. The highest BCUT2D eigenvalue weighted by Gasteiger charge is 2.20. The van der Waals surface area contributed by atoms with Gasteiger partial charge in [-0.25, -0.2) is 24.6 Å². The van der Waals surface area contributed by atoms with Crippen molar-refractivity contribution in [1.29, 1.82) is 0 Å². The van der Waals surface area contributed by atoms with Gasteiger partial charge >= 0.3 is 11.6 Å². The first-order chi connectivity index (χ1) is 17.0. The molecule has 0 aliphatic carbocycles. The quantitative estimate of drug-likeness (QED) is 0.142. The molecular weight excluding hydrogens is 459 g/mol. The minimum absolute atomic E-state index is 0.0608. The molecule has 0 spiro atoms. The van der Waals surface area contributed by atoms with Crippen molar-refractivity contribution in [2.45, 2.75) is 12.8 Å². The Morgan fingerprint density at radius 2 is 1.94 bits per heavy atom. The van der Waals surface area contributed by atoms with E-state index in [4.69, 9.17) is 24.8 Å². The normalized spacial score (nSPS) is 10.9. The van der Waals surface area contributed by atoms with Crippen LogP contribution in [0.2, 0.25) is 0 Å². The number of aromatic nitrogens is 2. The second kappa shape index (κ2) is 10.7. The summed E-state index contributed by atoms with van der Waals surface area (Å²) >= 11 is 0. The Morgan fingerprint density at radius 1 is 1.14 bits per heavy atom. The number of hydrogen-bond donors (Lipinski definition) is 3. The molecule has 0 atom stereocenters. The largest absolute Gasteiger partial charge is 0.424 e. The summed E-state index contributed by atoms with van der Waals surface area (Å²) in [6, 6.07) is 10.9. The van der Waals surface area contributed by atoms with Crippen LogP contribution in [0.1, 0.15) is 16.7 Å². The fourth-order valence-corrected chi connectivity index (χ4v) is 3.47. The minimum atomic E-state index is -0.744. The molecular formula is C24H21FN4O6. The minimum Gasteiger partial charge on any atom is -0.424 e. The fraction of sp³-hybridized carbons (Fsp3) is 0.167. The first-order valence-electron chi connectivity index (χ1n) is 10.5. The summed E-state index contributed by atoms with van der Waals surface area (Å²) in [5.41, 5.74) is 7.82. The SMILES string of the molecule is Nc1cccc(Cc2c(CC(=O)NOCCO)c3ccc(Oc4ncccn4)cc3oc2=O)c1F. The molecule has 11 heteroatoms. The van der Waals surface area contributed by atoms with Gasteiger partial charge in [0.25, 0.3) is 0 Å². The van der Waals surface area contributed by atoms with Gasteiger partial charge in [-0.2, -0.15) is 0 Å². The average molecular weight is 480 g/mol. The van der Waals surface area contributed by atoms with Gasteiger partial charge in [0.2, 0.25) is 5.91 Å². The maximum atomic E-state index is 14.6. The maximum absolute atomic E-state index is 14.6. The maximum Gasteiger partial charge on any atom is 0.340 e. The predicted molar refractivity (Wildman–Crippen MR) is 123 cm³/mol. The van der Waals surface area contributed by atoms with Crippen LogP contribution >= 0.6 is 0 Å². The van der Waals surface area contributed by atoms with Gasteiger partial charge in [-0.15, -0.1) is 0 Å². The molecule has 0 aliphatic rings. The lowest BCUT2D eigenvalue weighted by Gasteiger charge is -2.13. The highest BCUT2D eigenvalue weighted by Crippen LogP contribution is 2.28. The van der Waals surface area contributed by atoms with Gasteiger partial charge < -0.3 is 20.0 Å². The second-order valence-electron chi connectivity index (χ2n) is 7.41. The highest BCUT2D eigenvalue weighted by molar-refractivity contribution is 5.88. The molecule has 0 fully saturated rings. The Hall–Kier alpha value is -4.35. The standard InChI is InChI=1S/C24H21FN4O6/c25-22-14(3-1-4-19(22)26)11-18-17(13-21(31)29-33-10-9-30)16-6-5-15(12-20(16)35-23(18)32)34-24-27-7-2-8-28-24/h1-8,12,30H,9-11,13,26H2,(H,29,31). The lowest BCUT2D eigenvalue weighted by molar-refractivity contribution is -0.133. The third kappa shape index (κ3) is 5.60. The molecule has 4 aromatic rings. The number of benzene rings is 2. The fourth-order valence-electron chi connectivity index (χ4n) is 3.47. The number of nitrogen functional groups attached to an aromatic ring is 1. The van der Waals surface area contributed by atoms with E-state index in [2.05, 4.69) is 15.4 Å². The topological polar surface area (TPSA) is 150 Å². The summed E-state index contributed by atoms with van der Waals surface area (Å²) in [6.07, 6.45) is 2.61. The smallest absolute Gasteiger partial charge is 0.340 e. The molecule has 0 unspecified atom stereocenters. The van der Waals surface area contributed by atoms with E-state index in [0.29, 0.717) is 16.7 Å². The summed E-state index contributed by atoms with van der Waals surface area (Å²) in [4.78, 5) is 38.3. The van der Waals surface area contributed by atoms with E-state index in [1.165, 1.54) is 30.6 Å². The number of carbonyl (C=O) groups is 1. The third-order valence-corrected chi connectivity index (χ3v) is 5.04. The van der Waals surface area contributed by atoms with E-state index in [1.54, 1.807) is 24.3 Å². The van der Waals surface area contributed by atoms with Crippen molar-refractivity contribution in [3.63, 3.8) is 0 Å². The lowest BCUT2D eigenvalue weighted by Crippen LogP contribution is -2.28. The van der Waals surface area contributed by atoms with E-state index < -0.39 is 17.3 Å². The molecule has 180 valence electrons. The molecule has 10 nitrogen and oxygen atoms in total. The van der Waals surface area contributed by atoms with Gasteiger partial charge in [0.15, 0.2) is 0 Å². The van der Waals surface area contributed by atoms with Crippen molar-refractivity contribution in [2.24, 2.45) is 0 Å². The second-order valence-corrected chi connectivity index (χ2v) is 7.41. The van der Waals surface area contributed by atoms with E-state index in [1.807, 2.05) is 0 Å². The van der Waals surface area contributed by atoms with Crippen molar-refractivity contribution in [3.8, 4) is 11.8 Å². The molecule has 0 radical (unpaired) electrons. The molecule has 0 aliphatic heterocycles. The first kappa shape index (κ1) is 23.8. The molecule has 2 heterocycles. The Morgan fingerprint density at radius 3 is 2.71 bits per heavy atom. The first-order valence-corrected chi connectivity index (χ1v) is 10.5. The van der Waals surface area contributed by atoms with Crippen molar-refractivity contribution in [3.05, 3.63) is 87.8 Å². The van der Waals surface area contributed by atoms with Gasteiger partial charge in [0, 0.05) is 35.8 Å². The number of anilines is 1. The number of amides is 1. The van der Waals surface area contributed by atoms with Crippen LogP contribution in [0.25, 0.3) is 11.0 Å². The zero-order valence-electron chi connectivity index (χ0n) is 18.4. The molecule has 2 aromatic heterocycles. The van der Waals surface area contributed by atoms with Crippen molar-refractivity contribution in [2.75, 3.05) is 18.9 Å². The summed E-state index contributed by atoms with van der Waals surface area (Å²) in [7, 11) is 0. The number of ether oxygens (including phenoxy) is 1. The van der Waals surface area contributed by atoms with Crippen molar-refractivity contribution < 1.29 is 28.3 Å². The number of rotatable bonds is 9. The van der Waals surface area contributed by atoms with Gasteiger partial charge in [-0.3, -0.25) is 9.63 Å². The van der Waals surface area contributed by atoms with Crippen molar-refractivity contribution in [1.82, 2.24) is 15.4 Å². The zero-order chi connectivity index (χ0) is 24.8. The number of fused-ring (bicyclic) bond motifs is 1. The summed E-state index contributed by atoms with van der Waals surface area (Å²) in [5, 5.41) is 9.29. The van der Waals surface area contributed by atoms with Crippen LogP contribution in [0.4, 0.5) is 10.1 Å². The van der Waals surface area contributed by atoms with Gasteiger partial charge in [0.1, 0.15) is 17.1 Å². The predicted octanol–water partition coefficient (Wildman–Crippen LogP) is 2.27. The number of aliphatic hydroxyl groups excluding tert-OH is 1. The molecule has 4 N–H and O–H groups in total. The molecule has 4 rings (SSSR count). The monoisotopic (exact) mass is 480 g/mol. The van der Waals surface area contributed by atoms with Crippen LogP contribution in [-0.4, -0.2) is 34.2 Å². The van der Waals surface area contributed by atoms with Gasteiger partial charge in [-0.1, -0.05) is 12.1 Å². The average Bonchev–Trinajstić information content (AvgIpc) is 2.84. The van der Waals surface area contributed by atoms with Gasteiger partial charge in [0.05, 0.1) is 25.3 Å². The third-order valence-electron chi connectivity index (χ3n) is 5.04. The number of nitrogens with zero attached hydrogens (tertiary/aromatic N) is 2. The van der Waals surface area contributed by atoms with Crippen LogP contribution in [0, 0.1) is 5.82 Å². The molecule has 0 saturated carbocycles. The van der Waals surface area contributed by atoms with Gasteiger partial charge in [-0.05, 0) is 35.4 Å². The summed E-state index contributed by atoms with van der Waals surface area (Å²) in [5.74, 6) is -0.916. The van der Waals surface area contributed by atoms with E-state index in [0.717, 1.165) is 0 Å². The number of hydrogen-bond acceptors (Lipinski definition) is 9. The van der Waals surface area contributed by atoms with Crippen LogP contribution in [0.15, 0.2) is 64.1 Å². The number of halogens is 1.